The van der Waals surface area contributed by atoms with Crippen LogP contribution < -0.4 is 5.32 Å². The lowest BCUT2D eigenvalue weighted by molar-refractivity contribution is 0.309. The lowest BCUT2D eigenvalue weighted by Gasteiger charge is -2.26. The molecular weight excluding hydrogens is 281 g/mol. The first-order chi connectivity index (χ1) is 10.6. The first-order valence-corrected chi connectivity index (χ1v) is 8.05. The van der Waals surface area contributed by atoms with E-state index in [0.717, 1.165) is 24.6 Å². The number of nitrogens with one attached hydrogen (secondary N) is 1. The molecule has 1 aliphatic heterocycles. The third-order valence-corrected chi connectivity index (χ3v) is 5.08. The van der Waals surface area contributed by atoms with Crippen molar-refractivity contribution in [3.8, 4) is 5.75 Å². The molecule has 1 heterocycles. The van der Waals surface area contributed by atoms with E-state index in [9.17, 15) is 9.50 Å². The van der Waals surface area contributed by atoms with E-state index in [-0.39, 0.29) is 5.75 Å². The van der Waals surface area contributed by atoms with Gasteiger partial charge in [-0.1, -0.05) is 18.9 Å². The molecular formula is C17H24FN3O. The number of phenolic OH excluding ortho intramolecular Hbond substituents is 1. The Morgan fingerprint density at radius 2 is 2.14 bits per heavy atom. The maximum Gasteiger partial charge on any atom is 0.193 e. The van der Waals surface area contributed by atoms with E-state index in [1.807, 2.05) is 0 Å². The molecule has 2 N–H and O–H groups in total. The topological polar surface area (TPSA) is 47.9 Å². The smallest absolute Gasteiger partial charge is 0.193 e. The molecule has 4 nitrogen and oxygen atoms in total. The minimum Gasteiger partial charge on any atom is -0.505 e. The third kappa shape index (κ3) is 3.03. The Hall–Kier alpha value is -1.78. The summed E-state index contributed by atoms with van der Waals surface area (Å²) in [4.78, 5) is 6.69. The minimum atomic E-state index is -0.583. The first kappa shape index (κ1) is 15.1. The van der Waals surface area contributed by atoms with Gasteiger partial charge in [-0.3, -0.25) is 4.99 Å². The molecule has 1 aromatic carbocycles. The number of hydrogen-bond acceptors (Lipinski definition) is 2. The van der Waals surface area contributed by atoms with E-state index in [1.54, 1.807) is 13.1 Å². The summed E-state index contributed by atoms with van der Waals surface area (Å²) in [5, 5.41) is 12.5. The van der Waals surface area contributed by atoms with Crippen LogP contribution in [0, 0.1) is 11.2 Å². The number of phenols is 1. The molecule has 0 aromatic heterocycles. The fourth-order valence-corrected chi connectivity index (χ4v) is 3.82. The lowest BCUT2D eigenvalue weighted by Crippen LogP contribution is -2.40. The first-order valence-electron chi connectivity index (χ1n) is 8.05. The van der Waals surface area contributed by atoms with Crippen molar-refractivity contribution >= 4 is 5.96 Å². The van der Waals surface area contributed by atoms with Gasteiger partial charge in [0.2, 0.25) is 0 Å². The van der Waals surface area contributed by atoms with Crippen LogP contribution >= 0.6 is 0 Å². The number of hydrogen-bond donors (Lipinski definition) is 2. The zero-order chi connectivity index (χ0) is 15.6. The van der Waals surface area contributed by atoms with Crippen LogP contribution in [0.15, 0.2) is 23.2 Å². The van der Waals surface area contributed by atoms with Crippen LogP contribution in [-0.4, -0.2) is 36.1 Å². The van der Waals surface area contributed by atoms with Gasteiger partial charge in [0.1, 0.15) is 0 Å². The van der Waals surface area contributed by atoms with Crippen LogP contribution in [0.4, 0.5) is 4.39 Å². The Morgan fingerprint density at radius 3 is 2.82 bits per heavy atom. The molecule has 0 amide bonds. The molecule has 1 saturated carbocycles. The van der Waals surface area contributed by atoms with Crippen LogP contribution in [0.2, 0.25) is 0 Å². The zero-order valence-corrected chi connectivity index (χ0v) is 13.1. The van der Waals surface area contributed by atoms with Gasteiger partial charge in [-0.15, -0.1) is 0 Å². The highest BCUT2D eigenvalue weighted by molar-refractivity contribution is 5.80. The molecule has 22 heavy (non-hydrogen) atoms. The van der Waals surface area contributed by atoms with Gasteiger partial charge in [-0.25, -0.2) is 4.39 Å². The predicted molar refractivity (Wildman–Crippen MR) is 85.4 cm³/mol. The van der Waals surface area contributed by atoms with E-state index >= 15 is 0 Å². The van der Waals surface area contributed by atoms with E-state index in [4.69, 9.17) is 0 Å². The highest BCUT2D eigenvalue weighted by Gasteiger charge is 2.40. The normalized spacial score (nSPS) is 20.8. The van der Waals surface area contributed by atoms with Crippen molar-refractivity contribution in [2.24, 2.45) is 10.4 Å². The number of nitrogens with zero attached hydrogens (tertiary/aromatic N) is 2. The monoisotopic (exact) mass is 305 g/mol. The summed E-state index contributed by atoms with van der Waals surface area (Å²) in [6.07, 6.45) is 6.63. The van der Waals surface area contributed by atoms with Crippen molar-refractivity contribution in [1.82, 2.24) is 10.2 Å². The summed E-state index contributed by atoms with van der Waals surface area (Å²) in [6.45, 7) is 2.63. The predicted octanol–water partition coefficient (Wildman–Crippen LogP) is 2.87. The molecule has 3 rings (SSSR count). The number of halogens is 1. The highest BCUT2D eigenvalue weighted by Crippen LogP contribution is 2.45. The Labute approximate surface area is 131 Å². The molecule has 0 radical (unpaired) electrons. The largest absolute Gasteiger partial charge is 0.505 e. The fourth-order valence-electron chi connectivity index (χ4n) is 3.82. The average Bonchev–Trinajstić information content (AvgIpc) is 3.14. The second-order valence-corrected chi connectivity index (χ2v) is 6.57. The fraction of sp³-hybridized carbons (Fsp3) is 0.588. The Balaban J connectivity index is 1.59. The van der Waals surface area contributed by atoms with Crippen LogP contribution in [-0.2, 0) is 6.54 Å². The molecule has 0 atom stereocenters. The quantitative estimate of drug-likeness (QED) is 0.652. The molecule has 1 spiro atoms. The van der Waals surface area contributed by atoms with Crippen molar-refractivity contribution in [1.29, 1.82) is 0 Å². The van der Waals surface area contributed by atoms with Crippen molar-refractivity contribution in [3.63, 3.8) is 0 Å². The molecule has 1 aromatic rings. The maximum atomic E-state index is 13.4. The molecule has 120 valence electrons. The zero-order valence-electron chi connectivity index (χ0n) is 13.1. The standard InChI is InChI=1S/C17H24FN3O/c1-19-16(20-11-13-4-5-15(22)14(18)10-13)21-9-8-17(12-21)6-2-3-7-17/h4-5,10,22H,2-3,6-9,11-12H2,1H3,(H,19,20). The molecule has 5 heteroatoms. The second-order valence-electron chi connectivity index (χ2n) is 6.57. The Morgan fingerprint density at radius 1 is 1.36 bits per heavy atom. The molecule has 0 bridgehead atoms. The molecule has 2 fully saturated rings. The van der Waals surface area contributed by atoms with Crippen LogP contribution in [0.25, 0.3) is 0 Å². The van der Waals surface area contributed by atoms with Crippen LogP contribution in [0.3, 0.4) is 0 Å². The van der Waals surface area contributed by atoms with Gasteiger partial charge in [0.15, 0.2) is 17.5 Å². The Kier molecular flexibility index (Phi) is 4.23. The van der Waals surface area contributed by atoms with E-state index in [0.29, 0.717) is 12.0 Å². The summed E-state index contributed by atoms with van der Waals surface area (Å²) in [6, 6.07) is 4.47. The number of rotatable bonds is 2. The van der Waals surface area contributed by atoms with Crippen molar-refractivity contribution in [3.05, 3.63) is 29.6 Å². The van der Waals surface area contributed by atoms with E-state index in [1.165, 1.54) is 44.2 Å². The van der Waals surface area contributed by atoms with Gasteiger partial charge in [0, 0.05) is 26.7 Å². The maximum absolute atomic E-state index is 13.4. The third-order valence-electron chi connectivity index (χ3n) is 5.08. The highest BCUT2D eigenvalue weighted by atomic mass is 19.1. The van der Waals surface area contributed by atoms with Gasteiger partial charge in [-0.05, 0) is 42.4 Å². The number of aromatic hydroxyl groups is 1. The SMILES string of the molecule is CN=C(NCc1ccc(O)c(F)c1)N1CCC2(CCCC2)C1. The van der Waals surface area contributed by atoms with Gasteiger partial charge in [-0.2, -0.15) is 0 Å². The van der Waals surface area contributed by atoms with Gasteiger partial charge in [0.05, 0.1) is 0 Å². The lowest BCUT2D eigenvalue weighted by atomic mass is 9.86. The Bertz CT molecular complexity index is 567. The summed E-state index contributed by atoms with van der Waals surface area (Å²) >= 11 is 0. The average molecular weight is 305 g/mol. The molecule has 1 saturated heterocycles. The van der Waals surface area contributed by atoms with Crippen LogP contribution in [0.5, 0.6) is 5.75 Å². The number of aliphatic imine (C=N–C) groups is 1. The molecule has 2 aliphatic rings. The van der Waals surface area contributed by atoms with Crippen molar-refractivity contribution < 1.29 is 9.50 Å². The number of likely N-dealkylation sites (tertiary alicyclic amines) is 1. The van der Waals surface area contributed by atoms with Crippen molar-refractivity contribution in [2.75, 3.05) is 20.1 Å². The van der Waals surface area contributed by atoms with Gasteiger partial charge in [0.25, 0.3) is 0 Å². The number of guanidine groups is 1. The molecule has 0 unspecified atom stereocenters. The van der Waals surface area contributed by atoms with Crippen LogP contribution in [0.1, 0.15) is 37.7 Å². The van der Waals surface area contributed by atoms with Crippen molar-refractivity contribution in [2.45, 2.75) is 38.6 Å². The summed E-state index contributed by atoms with van der Waals surface area (Å²) in [5.74, 6) is -0.00604. The minimum absolute atomic E-state index is 0.309. The van der Waals surface area contributed by atoms with Gasteiger partial charge >= 0.3 is 0 Å². The summed E-state index contributed by atoms with van der Waals surface area (Å²) < 4.78 is 13.4. The van der Waals surface area contributed by atoms with E-state index in [2.05, 4.69) is 15.2 Å². The number of benzene rings is 1. The molecule has 1 aliphatic carbocycles. The summed E-state index contributed by atoms with van der Waals surface area (Å²) in [7, 11) is 1.79. The second kappa shape index (κ2) is 6.15. The summed E-state index contributed by atoms with van der Waals surface area (Å²) in [5.41, 5.74) is 1.30. The van der Waals surface area contributed by atoms with E-state index < -0.39 is 5.82 Å². The van der Waals surface area contributed by atoms with Gasteiger partial charge < -0.3 is 15.3 Å².